The van der Waals surface area contributed by atoms with Crippen molar-refractivity contribution in [2.24, 2.45) is 5.41 Å². The van der Waals surface area contributed by atoms with E-state index < -0.39 is 5.41 Å². The topological polar surface area (TPSA) is 104 Å². The first-order valence-corrected chi connectivity index (χ1v) is 7.31. The second-order valence-corrected chi connectivity index (χ2v) is 5.57. The Hall–Kier alpha value is -1.76. The summed E-state index contributed by atoms with van der Waals surface area (Å²) < 4.78 is 5.12. The van der Waals surface area contributed by atoms with Gasteiger partial charge in [0.05, 0.1) is 32.5 Å². The molecule has 0 spiro atoms. The molecule has 0 aliphatic carbocycles. The number of carbonyl (C=O) groups excluding carboxylic acids is 2. The molecule has 0 aromatic heterocycles. The number of aliphatic hydroxyl groups is 3. The number of benzene rings is 1. The van der Waals surface area contributed by atoms with Crippen LogP contribution in [0.25, 0.3) is 0 Å². The molecule has 6 nitrogen and oxygen atoms in total. The van der Waals surface area contributed by atoms with Crippen LogP contribution in [0.1, 0.15) is 45.7 Å². The lowest BCUT2D eigenvalue weighted by atomic mass is 9.95. The van der Waals surface area contributed by atoms with Crippen molar-refractivity contribution in [2.75, 3.05) is 26.9 Å². The van der Waals surface area contributed by atoms with Crippen molar-refractivity contribution in [3.05, 3.63) is 28.3 Å². The number of aryl methyl sites for hydroxylation is 1. The molecular formula is C17H26O6. The Kier molecular flexibility index (Phi) is 9.32. The number of carbonyl (C=O) groups is 2. The van der Waals surface area contributed by atoms with Crippen molar-refractivity contribution in [1.29, 1.82) is 0 Å². The van der Waals surface area contributed by atoms with Gasteiger partial charge in [-0.15, -0.1) is 0 Å². The summed E-state index contributed by atoms with van der Waals surface area (Å²) in [6, 6.07) is 1.71. The van der Waals surface area contributed by atoms with E-state index in [-0.39, 0.29) is 19.8 Å². The monoisotopic (exact) mass is 326 g/mol. The van der Waals surface area contributed by atoms with E-state index in [1.165, 1.54) is 7.11 Å². The highest BCUT2D eigenvalue weighted by Crippen LogP contribution is 2.27. The summed E-state index contributed by atoms with van der Waals surface area (Å²) >= 11 is 0. The number of ether oxygens (including phenoxy) is 1. The molecule has 0 saturated carbocycles. The van der Waals surface area contributed by atoms with E-state index in [0.29, 0.717) is 16.9 Å². The summed E-state index contributed by atoms with van der Waals surface area (Å²) in [4.78, 5) is 21.8. The van der Waals surface area contributed by atoms with E-state index in [2.05, 4.69) is 0 Å². The molecule has 0 aliphatic rings. The van der Waals surface area contributed by atoms with Gasteiger partial charge >= 0.3 is 0 Å². The molecule has 6 heteroatoms. The molecule has 3 N–H and O–H groups in total. The molecule has 0 fully saturated rings. The first-order valence-electron chi connectivity index (χ1n) is 7.31. The lowest BCUT2D eigenvalue weighted by molar-refractivity contribution is 0.0200. The van der Waals surface area contributed by atoms with Gasteiger partial charge in [-0.3, -0.25) is 9.59 Å². The van der Waals surface area contributed by atoms with Crippen molar-refractivity contribution in [3.63, 3.8) is 0 Å². The summed E-state index contributed by atoms with van der Waals surface area (Å²) in [5.41, 5.74) is 2.02. The van der Waals surface area contributed by atoms with Crippen molar-refractivity contribution in [1.82, 2.24) is 0 Å². The number of hydrogen-bond donors (Lipinski definition) is 3. The molecule has 1 rings (SSSR count). The number of aliphatic hydroxyl groups excluding tert-OH is 3. The second-order valence-electron chi connectivity index (χ2n) is 5.57. The smallest absolute Gasteiger partial charge is 0.153 e. The fourth-order valence-corrected chi connectivity index (χ4v) is 1.88. The zero-order valence-electron chi connectivity index (χ0n) is 14.1. The molecule has 0 radical (unpaired) electrons. The Morgan fingerprint density at radius 2 is 1.65 bits per heavy atom. The lowest BCUT2D eigenvalue weighted by Crippen LogP contribution is -2.29. The molecule has 130 valence electrons. The zero-order valence-corrected chi connectivity index (χ0v) is 14.1. The molecule has 0 saturated heterocycles. The van der Waals surface area contributed by atoms with E-state index in [1.54, 1.807) is 19.9 Å². The molecular weight excluding hydrogens is 300 g/mol. The van der Waals surface area contributed by atoms with Crippen LogP contribution in [0.3, 0.4) is 0 Å². The number of rotatable bonds is 7. The van der Waals surface area contributed by atoms with Gasteiger partial charge in [-0.1, -0.05) is 13.8 Å². The molecule has 0 unspecified atom stereocenters. The predicted molar refractivity (Wildman–Crippen MR) is 87.2 cm³/mol. The average molecular weight is 326 g/mol. The Morgan fingerprint density at radius 3 is 1.91 bits per heavy atom. The van der Waals surface area contributed by atoms with Crippen LogP contribution in [-0.2, 0) is 6.42 Å². The van der Waals surface area contributed by atoms with Gasteiger partial charge in [0.15, 0.2) is 12.6 Å². The van der Waals surface area contributed by atoms with Crippen LogP contribution in [0, 0.1) is 12.3 Å². The number of aldehydes is 2. The summed E-state index contributed by atoms with van der Waals surface area (Å²) in [6.45, 7) is 4.80. The van der Waals surface area contributed by atoms with Crippen molar-refractivity contribution in [2.45, 2.75) is 27.2 Å². The Morgan fingerprint density at radius 1 is 1.13 bits per heavy atom. The Labute approximate surface area is 136 Å². The van der Waals surface area contributed by atoms with Crippen LogP contribution in [0.2, 0.25) is 0 Å². The highest BCUT2D eigenvalue weighted by atomic mass is 16.5. The van der Waals surface area contributed by atoms with Crippen LogP contribution < -0.4 is 4.74 Å². The van der Waals surface area contributed by atoms with Gasteiger partial charge in [-0.05, 0) is 25.0 Å². The highest BCUT2D eigenvalue weighted by molar-refractivity contribution is 5.88. The molecule has 0 bridgehead atoms. The fraction of sp³-hybridized carbons (Fsp3) is 0.529. The van der Waals surface area contributed by atoms with Crippen molar-refractivity contribution < 1.29 is 29.6 Å². The predicted octanol–water partition coefficient (Wildman–Crippen LogP) is 1.16. The van der Waals surface area contributed by atoms with E-state index in [0.717, 1.165) is 30.1 Å². The van der Waals surface area contributed by atoms with Gasteiger partial charge in [-0.2, -0.15) is 0 Å². The lowest BCUT2D eigenvalue weighted by Gasteiger charge is -2.20. The van der Waals surface area contributed by atoms with E-state index in [4.69, 9.17) is 20.1 Å². The zero-order chi connectivity index (χ0) is 18.0. The van der Waals surface area contributed by atoms with Gasteiger partial charge in [0, 0.05) is 16.5 Å². The van der Waals surface area contributed by atoms with Gasteiger partial charge < -0.3 is 20.1 Å². The molecule has 0 heterocycles. The minimum Gasteiger partial charge on any atom is -0.496 e. The summed E-state index contributed by atoms with van der Waals surface area (Å²) in [6.07, 6.45) is 2.28. The second kappa shape index (κ2) is 10.1. The molecule has 0 aliphatic heterocycles. The Bertz CT molecular complexity index is 512. The summed E-state index contributed by atoms with van der Waals surface area (Å²) in [5, 5.41) is 25.4. The summed E-state index contributed by atoms with van der Waals surface area (Å²) in [7, 11) is 1.50. The van der Waals surface area contributed by atoms with Crippen LogP contribution >= 0.6 is 0 Å². The fourth-order valence-electron chi connectivity index (χ4n) is 1.88. The van der Waals surface area contributed by atoms with E-state index in [1.807, 2.05) is 6.92 Å². The van der Waals surface area contributed by atoms with Crippen LogP contribution in [0.4, 0.5) is 0 Å². The third-order valence-electron chi connectivity index (χ3n) is 3.66. The summed E-state index contributed by atoms with van der Waals surface area (Å²) in [5.74, 6) is 0.490. The van der Waals surface area contributed by atoms with Crippen molar-refractivity contribution >= 4 is 12.6 Å². The molecule has 1 aromatic carbocycles. The van der Waals surface area contributed by atoms with Gasteiger partial charge in [0.2, 0.25) is 0 Å². The first-order chi connectivity index (χ1) is 10.9. The standard InChI is InChI=1S/C12H14O3.C5H12O3/c1-4-9-5-10(6-13)12(15-3)8(2)11(9)7-14;1-5(2-6,3-7)4-8/h5-7H,4H2,1-3H3;6-8H,2-4H2,1H3. The SMILES string of the molecule is CC(CO)(CO)CO.CCc1cc(C=O)c(OC)c(C)c1C=O. The Balaban J connectivity index is 0.000000515. The normalized spacial score (nSPS) is 10.6. The molecule has 1 aromatic rings. The van der Waals surface area contributed by atoms with Gasteiger partial charge in [0.1, 0.15) is 5.75 Å². The van der Waals surface area contributed by atoms with E-state index >= 15 is 0 Å². The molecule has 0 amide bonds. The van der Waals surface area contributed by atoms with Crippen LogP contribution in [-0.4, -0.2) is 54.8 Å². The maximum Gasteiger partial charge on any atom is 0.153 e. The number of hydrogen-bond acceptors (Lipinski definition) is 6. The van der Waals surface area contributed by atoms with Crippen LogP contribution in [0.15, 0.2) is 6.07 Å². The quantitative estimate of drug-likeness (QED) is 0.650. The minimum atomic E-state index is -0.708. The molecule has 23 heavy (non-hydrogen) atoms. The van der Waals surface area contributed by atoms with Crippen molar-refractivity contribution in [3.8, 4) is 5.75 Å². The largest absolute Gasteiger partial charge is 0.496 e. The van der Waals surface area contributed by atoms with Gasteiger partial charge in [-0.25, -0.2) is 0 Å². The van der Waals surface area contributed by atoms with Crippen LogP contribution in [0.5, 0.6) is 5.75 Å². The average Bonchev–Trinajstić information content (AvgIpc) is 2.60. The highest BCUT2D eigenvalue weighted by Gasteiger charge is 2.20. The minimum absolute atomic E-state index is 0.181. The first kappa shape index (κ1) is 21.2. The number of methoxy groups -OCH3 is 1. The maximum atomic E-state index is 10.9. The maximum absolute atomic E-state index is 10.9. The van der Waals surface area contributed by atoms with E-state index in [9.17, 15) is 9.59 Å². The third kappa shape index (κ3) is 5.42. The molecule has 0 atom stereocenters. The third-order valence-corrected chi connectivity index (χ3v) is 3.66. The van der Waals surface area contributed by atoms with Gasteiger partial charge in [0.25, 0.3) is 0 Å².